The minimum absolute atomic E-state index is 0.0486. The van der Waals surface area contributed by atoms with Crippen LogP contribution in [0.3, 0.4) is 0 Å². The molecule has 0 fully saturated rings. The number of aliphatic carboxylic acids is 1. The van der Waals surface area contributed by atoms with Gasteiger partial charge in [-0.2, -0.15) is 4.98 Å². The molecule has 15 heteroatoms. The summed E-state index contributed by atoms with van der Waals surface area (Å²) in [7, 11) is 1.56. The number of nitrogens with one attached hydrogen (secondary N) is 4. The number of amides is 2. The number of carboxylic acid groups (broad SMARTS) is 1. The van der Waals surface area contributed by atoms with E-state index in [-0.39, 0.29) is 54.5 Å². The molecule has 0 bridgehead atoms. The topological polar surface area (TPSA) is 224 Å². The van der Waals surface area contributed by atoms with Crippen molar-refractivity contribution < 1.29 is 29.0 Å². The zero-order valence-corrected chi connectivity index (χ0v) is 21.2. The summed E-state index contributed by atoms with van der Waals surface area (Å²) in [5.74, 6) is -2.23. The molecular weight excluding hydrogens is 512 g/mol. The highest BCUT2D eigenvalue weighted by Crippen LogP contribution is 2.12. The Morgan fingerprint density at radius 3 is 2.62 bits per heavy atom. The van der Waals surface area contributed by atoms with Gasteiger partial charge in [0.25, 0.3) is 11.5 Å². The lowest BCUT2D eigenvalue weighted by Crippen LogP contribution is -2.41. The standard InChI is InChI=1S/C24H30N8O7/c1-38-10-11-39-9-8-26-18(33)7-6-17(23(36)37)30-21(34)14-2-4-15(5-3-14)27-12-16-13-28-20-19(29-16)22(35)32-24(25)31-20/h2-5,13,17,27H,6-12H2,1H3,(H,26,33)(H,30,34)(H,36,37)(H3,25,28,31,32,35). The number of anilines is 2. The van der Waals surface area contributed by atoms with Gasteiger partial charge in [-0.05, 0) is 30.7 Å². The molecule has 3 aromatic rings. The van der Waals surface area contributed by atoms with Crippen LogP contribution in [0.5, 0.6) is 0 Å². The number of nitrogens with zero attached hydrogens (tertiary/aromatic N) is 3. The molecule has 15 nitrogen and oxygen atoms in total. The molecule has 0 saturated carbocycles. The Morgan fingerprint density at radius 2 is 1.90 bits per heavy atom. The number of hydrogen-bond donors (Lipinski definition) is 6. The number of nitrogens with two attached hydrogens (primary N) is 1. The van der Waals surface area contributed by atoms with Crippen LogP contribution in [0.25, 0.3) is 11.2 Å². The Hall–Kier alpha value is -4.63. The van der Waals surface area contributed by atoms with Gasteiger partial charge in [0, 0.05) is 31.3 Å². The zero-order chi connectivity index (χ0) is 28.2. The van der Waals surface area contributed by atoms with Crippen LogP contribution in [0, 0.1) is 0 Å². The summed E-state index contributed by atoms with van der Waals surface area (Å²) in [6.07, 6.45) is 1.31. The van der Waals surface area contributed by atoms with Crippen molar-refractivity contribution in [1.29, 1.82) is 0 Å². The molecule has 1 atom stereocenters. The highest BCUT2D eigenvalue weighted by atomic mass is 16.5. The van der Waals surface area contributed by atoms with Gasteiger partial charge in [-0.25, -0.2) is 14.8 Å². The first-order valence-corrected chi connectivity index (χ1v) is 12.0. The number of carbonyl (C=O) groups is 3. The maximum Gasteiger partial charge on any atom is 0.326 e. The van der Waals surface area contributed by atoms with Crippen LogP contribution < -0.4 is 27.2 Å². The number of hydrogen-bond acceptors (Lipinski definition) is 11. The van der Waals surface area contributed by atoms with Gasteiger partial charge in [0.05, 0.1) is 38.3 Å². The van der Waals surface area contributed by atoms with Crippen LogP contribution in [0.2, 0.25) is 0 Å². The lowest BCUT2D eigenvalue weighted by Gasteiger charge is -2.15. The van der Waals surface area contributed by atoms with Crippen molar-refractivity contribution >= 4 is 40.6 Å². The summed E-state index contributed by atoms with van der Waals surface area (Å²) >= 11 is 0. The van der Waals surface area contributed by atoms with Gasteiger partial charge in [-0.3, -0.25) is 19.4 Å². The van der Waals surface area contributed by atoms with E-state index < -0.39 is 23.5 Å². The number of benzene rings is 1. The summed E-state index contributed by atoms with van der Waals surface area (Å²) in [5, 5.41) is 17.6. The molecule has 1 unspecified atom stereocenters. The lowest BCUT2D eigenvalue weighted by atomic mass is 10.1. The van der Waals surface area contributed by atoms with Crippen LogP contribution >= 0.6 is 0 Å². The molecule has 0 saturated heterocycles. The number of nitrogen functional groups attached to an aromatic ring is 1. The van der Waals surface area contributed by atoms with E-state index in [0.717, 1.165) is 0 Å². The van der Waals surface area contributed by atoms with E-state index in [2.05, 4.69) is 35.9 Å². The minimum atomic E-state index is -1.24. The van der Waals surface area contributed by atoms with Crippen molar-refractivity contribution in [3.05, 3.63) is 52.1 Å². The summed E-state index contributed by atoms with van der Waals surface area (Å²) in [5.41, 5.74) is 6.58. The lowest BCUT2D eigenvalue weighted by molar-refractivity contribution is -0.139. The normalized spacial score (nSPS) is 11.6. The highest BCUT2D eigenvalue weighted by molar-refractivity contribution is 5.97. The minimum Gasteiger partial charge on any atom is -0.480 e. The van der Waals surface area contributed by atoms with E-state index >= 15 is 0 Å². The molecule has 1 aromatic carbocycles. The van der Waals surface area contributed by atoms with Crippen molar-refractivity contribution in [2.24, 2.45) is 0 Å². The van der Waals surface area contributed by atoms with Crippen molar-refractivity contribution in [3.63, 3.8) is 0 Å². The van der Waals surface area contributed by atoms with Crippen molar-refractivity contribution in [1.82, 2.24) is 30.6 Å². The Morgan fingerprint density at radius 1 is 1.13 bits per heavy atom. The van der Waals surface area contributed by atoms with E-state index in [0.29, 0.717) is 31.2 Å². The molecule has 0 aliphatic carbocycles. The van der Waals surface area contributed by atoms with E-state index in [4.69, 9.17) is 15.2 Å². The molecule has 39 heavy (non-hydrogen) atoms. The Bertz CT molecular complexity index is 1350. The molecule has 2 amide bonds. The molecule has 0 spiro atoms. The van der Waals surface area contributed by atoms with Crippen LogP contribution in [0.1, 0.15) is 28.9 Å². The number of aromatic amines is 1. The Balaban J connectivity index is 1.47. The van der Waals surface area contributed by atoms with Gasteiger partial charge in [0.15, 0.2) is 11.2 Å². The number of carbonyl (C=O) groups excluding carboxylic acids is 2. The van der Waals surface area contributed by atoms with Crippen LogP contribution in [-0.2, 0) is 25.6 Å². The monoisotopic (exact) mass is 542 g/mol. The van der Waals surface area contributed by atoms with Crippen molar-refractivity contribution in [3.8, 4) is 0 Å². The predicted molar refractivity (Wildman–Crippen MR) is 140 cm³/mol. The Kier molecular flexibility index (Phi) is 10.6. The second-order valence-electron chi connectivity index (χ2n) is 8.27. The zero-order valence-electron chi connectivity index (χ0n) is 21.2. The number of ether oxygens (including phenoxy) is 2. The molecule has 208 valence electrons. The summed E-state index contributed by atoms with van der Waals surface area (Å²) in [6.45, 7) is 1.69. The number of carboxylic acids is 1. The van der Waals surface area contributed by atoms with Gasteiger partial charge < -0.3 is 36.3 Å². The van der Waals surface area contributed by atoms with E-state index in [1.54, 1.807) is 19.2 Å². The Labute approximate surface area is 222 Å². The van der Waals surface area contributed by atoms with Gasteiger partial charge in [-0.1, -0.05) is 0 Å². The quantitative estimate of drug-likeness (QED) is 0.136. The van der Waals surface area contributed by atoms with Crippen LogP contribution in [-0.4, -0.2) is 82.3 Å². The fraction of sp³-hybridized carbons (Fsp3) is 0.375. The average molecular weight is 543 g/mol. The third kappa shape index (κ3) is 9.01. The third-order valence-corrected chi connectivity index (χ3v) is 5.37. The predicted octanol–water partition coefficient (Wildman–Crippen LogP) is -0.350. The number of methoxy groups -OCH3 is 1. The highest BCUT2D eigenvalue weighted by Gasteiger charge is 2.21. The second-order valence-corrected chi connectivity index (χ2v) is 8.27. The largest absolute Gasteiger partial charge is 0.480 e. The maximum atomic E-state index is 12.6. The molecule has 3 rings (SSSR count). The molecule has 0 aliphatic heterocycles. The fourth-order valence-corrected chi connectivity index (χ4v) is 3.36. The number of rotatable bonds is 15. The summed E-state index contributed by atoms with van der Waals surface area (Å²) < 4.78 is 10.1. The van der Waals surface area contributed by atoms with Gasteiger partial charge in [0.1, 0.15) is 6.04 Å². The van der Waals surface area contributed by atoms with Crippen molar-refractivity contribution in [2.45, 2.75) is 25.4 Å². The molecule has 2 heterocycles. The first-order chi connectivity index (χ1) is 18.8. The molecule has 7 N–H and O–H groups in total. The number of H-pyrrole nitrogens is 1. The first-order valence-electron chi connectivity index (χ1n) is 12.0. The first kappa shape index (κ1) is 28.9. The summed E-state index contributed by atoms with van der Waals surface area (Å²) in [4.78, 5) is 62.8. The van der Waals surface area contributed by atoms with Crippen LogP contribution in [0.4, 0.5) is 11.6 Å². The maximum absolute atomic E-state index is 12.6. The fourth-order valence-electron chi connectivity index (χ4n) is 3.36. The summed E-state index contributed by atoms with van der Waals surface area (Å²) in [6, 6.07) is 5.08. The molecule has 2 aromatic heterocycles. The molecule has 0 aliphatic rings. The van der Waals surface area contributed by atoms with E-state index in [1.807, 2.05) is 0 Å². The second kappa shape index (κ2) is 14.3. The average Bonchev–Trinajstić information content (AvgIpc) is 2.91. The molecular formula is C24H30N8O7. The number of fused-ring (bicyclic) bond motifs is 1. The van der Waals surface area contributed by atoms with Gasteiger partial charge >= 0.3 is 5.97 Å². The third-order valence-electron chi connectivity index (χ3n) is 5.37. The SMILES string of the molecule is COCCOCCNC(=O)CCC(NC(=O)c1ccc(NCc2cnc3nc(N)[nH]c(=O)c3n2)cc1)C(=O)O. The smallest absolute Gasteiger partial charge is 0.326 e. The van der Waals surface area contributed by atoms with Crippen LogP contribution in [0.15, 0.2) is 35.3 Å². The van der Waals surface area contributed by atoms with E-state index in [9.17, 15) is 24.3 Å². The van der Waals surface area contributed by atoms with Gasteiger partial charge in [0.2, 0.25) is 11.9 Å². The number of aromatic nitrogens is 4. The van der Waals surface area contributed by atoms with E-state index in [1.165, 1.54) is 18.3 Å². The van der Waals surface area contributed by atoms with Crippen molar-refractivity contribution in [2.75, 3.05) is 44.5 Å². The van der Waals surface area contributed by atoms with Gasteiger partial charge in [-0.15, -0.1) is 0 Å². The molecule has 0 radical (unpaired) electrons.